The van der Waals surface area contributed by atoms with E-state index in [1.807, 2.05) is 29.7 Å². The van der Waals surface area contributed by atoms with Crippen molar-refractivity contribution in [1.82, 2.24) is 9.97 Å². The number of aliphatic imine (C=N–C) groups is 1. The molecule has 1 unspecified atom stereocenters. The number of rotatable bonds is 6. The number of terminal acetylenes is 1. The second kappa shape index (κ2) is 32.8. The number of nitrogens with zero attached hydrogens (tertiary/aromatic N) is 15. The number of fused-ring (bicyclic) bond motifs is 3. The van der Waals surface area contributed by atoms with Gasteiger partial charge < -0.3 is 25.5 Å². The number of piperidine rings is 1. The van der Waals surface area contributed by atoms with E-state index in [4.69, 9.17) is 32.6 Å². The molecule has 0 radical (unpaired) electrons. The zero-order valence-electron chi connectivity index (χ0n) is 43.6. The van der Waals surface area contributed by atoms with Gasteiger partial charge in [-0.1, -0.05) is 30.2 Å². The largest absolute Gasteiger partial charge is 0.393 e. The van der Waals surface area contributed by atoms with Crippen molar-refractivity contribution in [2.24, 2.45) is 58.0 Å². The van der Waals surface area contributed by atoms with Gasteiger partial charge in [0.25, 0.3) is 0 Å². The fourth-order valence-electron chi connectivity index (χ4n) is 8.69. The van der Waals surface area contributed by atoms with Gasteiger partial charge in [-0.25, -0.2) is 9.97 Å². The van der Waals surface area contributed by atoms with Crippen LogP contribution in [0.5, 0.6) is 0 Å². The minimum absolute atomic E-state index is 0. The lowest BCUT2D eigenvalue weighted by Gasteiger charge is -2.47. The molecular weight excluding hydrogens is 1030 g/mol. The van der Waals surface area contributed by atoms with Crippen molar-refractivity contribution < 1.29 is 25.1 Å². The zero-order valence-corrected chi connectivity index (χ0v) is 43.6. The summed E-state index contributed by atoms with van der Waals surface area (Å²) in [4.78, 5) is 31.0. The average Bonchev–Trinajstić information content (AvgIpc) is 1.47. The van der Waals surface area contributed by atoms with E-state index in [1.54, 1.807) is 6.92 Å². The van der Waals surface area contributed by atoms with Crippen LogP contribution < -0.4 is 20.4 Å². The van der Waals surface area contributed by atoms with Crippen LogP contribution in [0, 0.1) is 205 Å². The van der Waals surface area contributed by atoms with Crippen molar-refractivity contribution in [2.45, 2.75) is 63.8 Å². The summed E-state index contributed by atoms with van der Waals surface area (Å²) in [6, 6.07) is 17.2. The first-order valence-corrected chi connectivity index (χ1v) is 24.4. The molecule has 2 aromatic carbocycles. The van der Waals surface area contributed by atoms with E-state index in [2.05, 4.69) is 253 Å². The third kappa shape index (κ3) is 17.5. The van der Waals surface area contributed by atoms with E-state index in [0.717, 1.165) is 92.7 Å². The molecule has 2 fully saturated rings. The Hall–Kier alpha value is -12.6. The summed E-state index contributed by atoms with van der Waals surface area (Å²) in [6.07, 6.45) is 11.3. The summed E-state index contributed by atoms with van der Waals surface area (Å²) in [5.41, 5.74) is 20.2. The highest BCUT2D eigenvalue weighted by atomic mass is 16.3. The normalized spacial score (nSPS) is 15.7. The Kier molecular flexibility index (Phi) is 23.4. The first kappa shape index (κ1) is 58.7. The van der Waals surface area contributed by atoms with Crippen molar-refractivity contribution in [2.75, 3.05) is 40.9 Å². The molecule has 1 aromatic heterocycles. The van der Waals surface area contributed by atoms with Gasteiger partial charge >= 0.3 is 0 Å². The van der Waals surface area contributed by atoms with Gasteiger partial charge in [-0.05, 0) is 189 Å². The molecule has 5 aliphatic rings. The smallest absolute Gasteiger partial charge is 0.156 e. The molecule has 0 bridgehead atoms. The summed E-state index contributed by atoms with van der Waals surface area (Å²) in [6.45, 7) is 5.64. The molecule has 2 aliphatic carbocycles. The summed E-state index contributed by atoms with van der Waals surface area (Å²) < 4.78 is 0. The molecule has 19 nitrogen and oxygen atoms in total. The van der Waals surface area contributed by atoms with Crippen LogP contribution in [-0.4, -0.2) is 59.2 Å². The average molecular weight is 1090 g/mol. The van der Waals surface area contributed by atoms with E-state index < -0.39 is 0 Å². The number of hydrogen-bond donors (Lipinski definition) is 3. The van der Waals surface area contributed by atoms with Crippen molar-refractivity contribution in [3.63, 3.8) is 0 Å². The van der Waals surface area contributed by atoms with Gasteiger partial charge in [-0.2, -0.15) is 10.8 Å². The Morgan fingerprint density at radius 3 is 1.76 bits per heavy atom. The van der Waals surface area contributed by atoms with E-state index >= 15 is 0 Å². The minimum Gasteiger partial charge on any atom is -0.393 e. The van der Waals surface area contributed by atoms with Crippen molar-refractivity contribution in [3.05, 3.63) is 81.6 Å². The molecule has 1 saturated carbocycles. The maximum Gasteiger partial charge on any atom is 0.156 e. The number of amidine groups is 1. The van der Waals surface area contributed by atoms with Crippen molar-refractivity contribution >= 4 is 23.0 Å². The third-order valence-electron chi connectivity index (χ3n) is 12.3. The van der Waals surface area contributed by atoms with Gasteiger partial charge in [-0.3, -0.25) is 4.99 Å². The summed E-state index contributed by atoms with van der Waals surface area (Å²) in [5, 5.41) is 40.2. The molecule has 19 heteroatoms. The van der Waals surface area contributed by atoms with Gasteiger partial charge in [0, 0.05) is 145 Å². The van der Waals surface area contributed by atoms with Gasteiger partial charge in [0.15, 0.2) is 5.84 Å². The Morgan fingerprint density at radius 2 is 1.24 bits per heavy atom. The Balaban J connectivity index is -0.000000179. The number of nitrogens with one attached hydrogen (secondary N) is 1. The fraction of sp³-hybridized carbons (Fsp3) is 0.238. The second-order valence-corrected chi connectivity index (χ2v) is 16.8. The number of nitroso groups, excluding NO2 is 1. The maximum absolute atomic E-state index is 9.92. The minimum atomic E-state index is -0.229. The highest BCUT2D eigenvalue weighted by Crippen LogP contribution is 2.51. The first-order valence-electron chi connectivity index (χ1n) is 24.4. The number of anilines is 3. The quantitative estimate of drug-likeness (QED) is 0.0918. The molecular formula is C63H67N17O2. The zero-order chi connectivity index (χ0) is 57.9. The lowest BCUT2D eigenvalue weighted by atomic mass is 9.73. The molecule has 82 heavy (non-hydrogen) atoms. The highest BCUT2D eigenvalue weighted by Gasteiger charge is 2.46. The summed E-state index contributed by atoms with van der Waals surface area (Å²) >= 11 is 0. The van der Waals surface area contributed by atoms with Gasteiger partial charge in [0.1, 0.15) is 16.8 Å². The summed E-state index contributed by atoms with van der Waals surface area (Å²) in [7, 11) is 0. The molecule has 4 N–H and O–H groups in total. The topological polar surface area (TPSA) is 258 Å². The number of benzene rings is 2. The molecule has 3 aromatic rings. The predicted molar refractivity (Wildman–Crippen MR) is 337 cm³/mol. The van der Waals surface area contributed by atoms with Crippen LogP contribution in [0.15, 0.2) is 95.5 Å². The number of aromatic nitrogens is 2. The molecule has 3 aliphatic heterocycles. The standard InChI is InChI=1S/C32H34N8O.C31H4.HN9O.14H2/c33-17-20-5-6-26-27(13-20)39(22-14-23(41)15-22)11-12-40(26)31-29-25(18-36-31)37-28(19-35-29)38-9-7-32(8-10-38)16-21-3-1-2-4-24(21)30(32)34;1-3-5-7-9-11-13-15-17-19-21-23-25-27-29-31-30-28-26-24-22-20-18-16-14-12-10-8-6-4-2;1-2-3-4-5-6-7-8-9-10;;;;;;;;;;;;;;/h1-6,13,19,22-23,30,41H,7-12,14-16,18,34H2;1H,2H3;1H;14*1H/b;;2-1?,4-3+,6-5+,8-7+;;;;;;;;;;;;;;. The SMILES string of the molecule is C#CC#CC#CC#CC#CC#CC#CC#CC#CC#CC#CC#CC#CC#CC#CC.N#Cc1ccc2c(c1)N(C1CC(O)C1)CCN2C1=NCc2nc(N3CCC4(CC3)Cc3ccccc3C4N)cnc21.N=N/N=N/N=N/N=N/N=O.[HH].[HH].[HH].[HH].[HH].[HH].[HH].[HH].[HH].[HH].[HH].[HH].[HH].[HH]. The van der Waals surface area contributed by atoms with E-state index in [0.29, 0.717) is 18.2 Å². The molecule has 416 valence electrons. The number of nitriles is 1. The number of hydrogen-bond acceptors (Lipinski definition) is 11. The van der Waals surface area contributed by atoms with Crippen LogP contribution in [0.1, 0.15) is 86.7 Å². The number of nitrogens with two attached hydrogens (primary N) is 1. The monoisotopic (exact) mass is 1090 g/mol. The molecule has 1 spiro atoms. The molecule has 1 atom stereocenters. The van der Waals surface area contributed by atoms with Crippen LogP contribution in [-0.2, 0) is 13.0 Å². The van der Waals surface area contributed by atoms with Crippen molar-refractivity contribution in [1.29, 1.82) is 10.8 Å². The van der Waals surface area contributed by atoms with E-state index in [-0.39, 0.29) is 37.5 Å². The van der Waals surface area contributed by atoms with Gasteiger partial charge in [-0.15, -0.1) is 11.3 Å². The van der Waals surface area contributed by atoms with Gasteiger partial charge in [0.2, 0.25) is 0 Å². The van der Waals surface area contributed by atoms with Crippen LogP contribution in [0.2, 0.25) is 0 Å². The Morgan fingerprint density at radius 1 is 0.707 bits per heavy atom. The Bertz CT molecular complexity index is 4210. The van der Waals surface area contributed by atoms with Crippen LogP contribution in [0.3, 0.4) is 0 Å². The lowest BCUT2D eigenvalue weighted by Crippen LogP contribution is -2.53. The highest BCUT2D eigenvalue weighted by molar-refractivity contribution is 6.12. The maximum atomic E-state index is 9.92. The van der Waals surface area contributed by atoms with Crippen LogP contribution in [0.4, 0.5) is 17.2 Å². The van der Waals surface area contributed by atoms with Crippen LogP contribution in [0.25, 0.3) is 0 Å². The third-order valence-corrected chi connectivity index (χ3v) is 12.3. The van der Waals surface area contributed by atoms with E-state index in [1.165, 1.54) is 11.1 Å². The molecule has 8 rings (SSSR count). The first-order chi connectivity index (χ1) is 40.4. The molecule has 1 saturated heterocycles. The molecule has 0 amide bonds. The van der Waals surface area contributed by atoms with Gasteiger partial charge in [0.05, 0.1) is 47.5 Å². The van der Waals surface area contributed by atoms with E-state index in [9.17, 15) is 15.3 Å². The predicted octanol–water partition coefficient (Wildman–Crippen LogP) is 9.23. The number of aliphatic hydroxyl groups is 1. The fourth-order valence-corrected chi connectivity index (χ4v) is 8.69. The van der Waals surface area contributed by atoms with Crippen LogP contribution >= 0.6 is 0 Å². The number of aliphatic hydroxyl groups excluding tert-OH is 1. The second-order valence-electron chi connectivity index (χ2n) is 16.8. The summed E-state index contributed by atoms with van der Waals surface area (Å²) in [5.74, 6) is 73.7. The molecule has 4 heterocycles. The lowest BCUT2D eigenvalue weighted by molar-refractivity contribution is 0.0733. The Labute approximate surface area is 496 Å². The van der Waals surface area contributed by atoms with Crippen molar-refractivity contribution in [3.8, 4) is 184 Å².